The van der Waals surface area contributed by atoms with Gasteiger partial charge in [-0.2, -0.15) is 0 Å². The Balaban J connectivity index is 2.09. The van der Waals surface area contributed by atoms with Gasteiger partial charge in [0.2, 0.25) is 0 Å². The fraction of sp³-hybridized carbons (Fsp3) is 0.571. The predicted octanol–water partition coefficient (Wildman–Crippen LogP) is 2.15. The van der Waals surface area contributed by atoms with Crippen LogP contribution in [-0.2, 0) is 0 Å². The van der Waals surface area contributed by atoms with Crippen LogP contribution in [0.4, 0.5) is 5.69 Å². The van der Waals surface area contributed by atoms with Crippen molar-refractivity contribution in [1.29, 1.82) is 0 Å². The molecule has 1 aromatic rings. The fourth-order valence-corrected chi connectivity index (χ4v) is 2.21. The summed E-state index contributed by atoms with van der Waals surface area (Å²) in [4.78, 5) is 4.82. The summed E-state index contributed by atoms with van der Waals surface area (Å²) in [6.07, 6.45) is 0. The summed E-state index contributed by atoms with van der Waals surface area (Å²) in [5, 5.41) is 0. The molecule has 0 N–H and O–H groups in total. The predicted molar refractivity (Wildman–Crippen MR) is 72.1 cm³/mol. The van der Waals surface area contributed by atoms with E-state index in [0.717, 1.165) is 38.5 Å². The van der Waals surface area contributed by atoms with E-state index in [0.29, 0.717) is 0 Å². The maximum Gasteiger partial charge on any atom is 0.122 e. The second-order valence-corrected chi connectivity index (χ2v) is 4.67. The molecule has 94 valence electrons. The van der Waals surface area contributed by atoms with Gasteiger partial charge in [0.1, 0.15) is 5.75 Å². The molecule has 0 radical (unpaired) electrons. The molecule has 1 saturated heterocycles. The van der Waals surface area contributed by atoms with Crippen molar-refractivity contribution in [1.82, 2.24) is 4.90 Å². The van der Waals surface area contributed by atoms with Crippen LogP contribution in [0.1, 0.15) is 12.5 Å². The first kappa shape index (κ1) is 12.2. The van der Waals surface area contributed by atoms with E-state index >= 15 is 0 Å². The van der Waals surface area contributed by atoms with Crippen molar-refractivity contribution in [3.63, 3.8) is 0 Å². The van der Waals surface area contributed by atoms with Crippen LogP contribution in [0.25, 0.3) is 0 Å². The molecule has 3 heteroatoms. The van der Waals surface area contributed by atoms with Crippen LogP contribution < -0.4 is 9.64 Å². The molecule has 0 aliphatic carbocycles. The Bertz CT molecular complexity index is 370. The summed E-state index contributed by atoms with van der Waals surface area (Å²) in [5.74, 6) is 1.00. The van der Waals surface area contributed by atoms with Gasteiger partial charge in [-0.05, 0) is 44.7 Å². The van der Waals surface area contributed by atoms with Crippen molar-refractivity contribution in [2.45, 2.75) is 13.8 Å². The average molecular weight is 234 g/mol. The first-order valence-corrected chi connectivity index (χ1v) is 6.37. The second kappa shape index (κ2) is 5.41. The van der Waals surface area contributed by atoms with E-state index in [4.69, 9.17) is 4.74 Å². The van der Waals surface area contributed by atoms with Crippen molar-refractivity contribution in [3.05, 3.63) is 23.8 Å². The number of ether oxygens (including phenoxy) is 1. The van der Waals surface area contributed by atoms with E-state index in [1.165, 1.54) is 11.3 Å². The number of anilines is 1. The molecule has 2 rings (SSSR count). The van der Waals surface area contributed by atoms with Crippen LogP contribution in [-0.4, -0.2) is 44.7 Å². The molecule has 0 spiro atoms. The Hall–Kier alpha value is -1.22. The molecule has 1 aliphatic rings. The minimum atomic E-state index is 0.731. The molecule has 1 fully saturated rings. The molecule has 0 bridgehead atoms. The van der Waals surface area contributed by atoms with Crippen molar-refractivity contribution >= 4 is 5.69 Å². The van der Waals surface area contributed by atoms with Crippen LogP contribution in [0.3, 0.4) is 0 Å². The zero-order valence-electron chi connectivity index (χ0n) is 11.1. The first-order chi connectivity index (χ1) is 8.20. The third kappa shape index (κ3) is 2.91. The lowest BCUT2D eigenvalue weighted by Gasteiger charge is -2.34. The zero-order valence-corrected chi connectivity index (χ0v) is 11.1. The normalized spacial score (nSPS) is 17.2. The second-order valence-electron chi connectivity index (χ2n) is 4.67. The molecule has 1 heterocycles. The SMILES string of the molecule is CCOc1ccc(N2CCN(C)CC2)cc1C. The van der Waals surface area contributed by atoms with Gasteiger partial charge in [0.15, 0.2) is 0 Å². The van der Waals surface area contributed by atoms with Crippen LogP contribution in [0.5, 0.6) is 5.75 Å². The molecular weight excluding hydrogens is 212 g/mol. The number of likely N-dealkylation sites (N-methyl/N-ethyl adjacent to an activating group) is 1. The highest BCUT2D eigenvalue weighted by molar-refractivity contribution is 5.53. The smallest absolute Gasteiger partial charge is 0.122 e. The van der Waals surface area contributed by atoms with Gasteiger partial charge in [-0.15, -0.1) is 0 Å². The van der Waals surface area contributed by atoms with Crippen LogP contribution in [0.2, 0.25) is 0 Å². The summed E-state index contributed by atoms with van der Waals surface area (Å²) in [6.45, 7) is 9.39. The molecule has 0 aromatic heterocycles. The Labute approximate surface area is 104 Å². The lowest BCUT2D eigenvalue weighted by molar-refractivity contribution is 0.312. The molecule has 17 heavy (non-hydrogen) atoms. The van der Waals surface area contributed by atoms with E-state index in [9.17, 15) is 0 Å². The fourth-order valence-electron chi connectivity index (χ4n) is 2.21. The molecule has 3 nitrogen and oxygen atoms in total. The standard InChI is InChI=1S/C14H22N2O/c1-4-17-14-6-5-13(11-12(14)2)16-9-7-15(3)8-10-16/h5-6,11H,4,7-10H2,1-3H3. The van der Waals surface area contributed by atoms with E-state index in [-0.39, 0.29) is 0 Å². The number of hydrogen-bond donors (Lipinski definition) is 0. The lowest BCUT2D eigenvalue weighted by Crippen LogP contribution is -2.44. The molecule has 1 aliphatic heterocycles. The van der Waals surface area contributed by atoms with E-state index < -0.39 is 0 Å². The Morgan fingerprint density at radius 3 is 2.47 bits per heavy atom. The molecule has 1 aromatic carbocycles. The third-order valence-electron chi connectivity index (χ3n) is 3.33. The van der Waals surface area contributed by atoms with Gasteiger partial charge in [-0.1, -0.05) is 0 Å². The monoisotopic (exact) mass is 234 g/mol. The van der Waals surface area contributed by atoms with Crippen molar-refractivity contribution in [3.8, 4) is 5.75 Å². The van der Waals surface area contributed by atoms with Crippen molar-refractivity contribution in [2.75, 3.05) is 44.7 Å². The van der Waals surface area contributed by atoms with Gasteiger partial charge < -0.3 is 14.5 Å². The maximum atomic E-state index is 5.57. The molecule has 0 atom stereocenters. The summed E-state index contributed by atoms with van der Waals surface area (Å²) in [6, 6.07) is 6.49. The zero-order chi connectivity index (χ0) is 12.3. The van der Waals surface area contributed by atoms with Gasteiger partial charge in [-0.3, -0.25) is 0 Å². The number of piperazine rings is 1. The third-order valence-corrected chi connectivity index (χ3v) is 3.33. The lowest BCUT2D eigenvalue weighted by atomic mass is 10.1. The molecule has 0 saturated carbocycles. The van der Waals surface area contributed by atoms with Gasteiger partial charge in [0, 0.05) is 31.9 Å². The minimum absolute atomic E-state index is 0.731. The highest BCUT2D eigenvalue weighted by Gasteiger charge is 2.14. The molecule has 0 amide bonds. The summed E-state index contributed by atoms with van der Waals surface area (Å²) < 4.78 is 5.57. The summed E-state index contributed by atoms with van der Waals surface area (Å²) in [7, 11) is 2.18. The summed E-state index contributed by atoms with van der Waals surface area (Å²) in [5.41, 5.74) is 2.54. The highest BCUT2D eigenvalue weighted by atomic mass is 16.5. The quantitative estimate of drug-likeness (QED) is 0.797. The van der Waals surface area contributed by atoms with Crippen molar-refractivity contribution < 1.29 is 4.74 Å². The minimum Gasteiger partial charge on any atom is -0.494 e. The number of aryl methyl sites for hydroxylation is 1. The van der Waals surface area contributed by atoms with Gasteiger partial charge in [0.25, 0.3) is 0 Å². The number of benzene rings is 1. The van der Waals surface area contributed by atoms with E-state index in [1.54, 1.807) is 0 Å². The van der Waals surface area contributed by atoms with Crippen molar-refractivity contribution in [2.24, 2.45) is 0 Å². The topological polar surface area (TPSA) is 15.7 Å². The largest absolute Gasteiger partial charge is 0.494 e. The Kier molecular flexibility index (Phi) is 3.89. The van der Waals surface area contributed by atoms with Crippen LogP contribution in [0, 0.1) is 6.92 Å². The number of hydrogen-bond acceptors (Lipinski definition) is 3. The number of rotatable bonds is 3. The number of nitrogens with zero attached hydrogens (tertiary/aromatic N) is 2. The van der Waals surface area contributed by atoms with E-state index in [2.05, 4.69) is 42.0 Å². The highest BCUT2D eigenvalue weighted by Crippen LogP contribution is 2.25. The van der Waals surface area contributed by atoms with E-state index in [1.807, 2.05) is 6.92 Å². The average Bonchev–Trinajstić information content (AvgIpc) is 2.33. The van der Waals surface area contributed by atoms with Crippen LogP contribution >= 0.6 is 0 Å². The maximum absolute atomic E-state index is 5.57. The van der Waals surface area contributed by atoms with Crippen LogP contribution in [0.15, 0.2) is 18.2 Å². The van der Waals surface area contributed by atoms with Gasteiger partial charge in [0.05, 0.1) is 6.61 Å². The van der Waals surface area contributed by atoms with Gasteiger partial charge in [-0.25, -0.2) is 0 Å². The molecular formula is C14H22N2O. The summed E-state index contributed by atoms with van der Waals surface area (Å²) >= 11 is 0. The molecule has 0 unspecified atom stereocenters. The first-order valence-electron chi connectivity index (χ1n) is 6.37. The van der Waals surface area contributed by atoms with Gasteiger partial charge >= 0.3 is 0 Å². The Morgan fingerprint density at radius 2 is 1.88 bits per heavy atom. The Morgan fingerprint density at radius 1 is 1.18 bits per heavy atom.